The molecule has 4 aliphatic rings. The van der Waals surface area contributed by atoms with Crippen LogP contribution >= 0.6 is 0 Å². The van der Waals surface area contributed by atoms with Crippen molar-refractivity contribution in [3.8, 4) is 0 Å². The third-order valence-electron chi connectivity index (χ3n) is 7.04. The average molecular weight is 378 g/mol. The van der Waals surface area contributed by atoms with E-state index < -0.39 is 47.2 Å². The minimum absolute atomic E-state index is 0.184. The Hall–Kier alpha value is -1.70. The van der Waals surface area contributed by atoms with Crippen LogP contribution in [0.25, 0.3) is 0 Å². The summed E-state index contributed by atoms with van der Waals surface area (Å²) in [4.78, 5) is 24.6. The van der Waals surface area contributed by atoms with Gasteiger partial charge in [0.1, 0.15) is 12.2 Å². The van der Waals surface area contributed by atoms with Gasteiger partial charge in [0, 0.05) is 16.9 Å². The third kappa shape index (κ3) is 2.59. The highest BCUT2D eigenvalue weighted by Crippen LogP contribution is 2.63. The maximum atomic E-state index is 12.4. The fraction of sp³-hybridized carbons (Fsp3) is 0.700. The molecule has 7 heteroatoms. The van der Waals surface area contributed by atoms with Crippen LogP contribution in [-0.4, -0.2) is 59.3 Å². The summed E-state index contributed by atoms with van der Waals surface area (Å²) in [6.45, 7) is 7.65. The Morgan fingerprint density at radius 2 is 2.19 bits per heavy atom. The zero-order valence-corrected chi connectivity index (χ0v) is 15.6. The van der Waals surface area contributed by atoms with E-state index in [1.807, 2.05) is 6.92 Å². The molecule has 2 heterocycles. The first-order valence-corrected chi connectivity index (χ1v) is 9.46. The molecule has 0 radical (unpaired) electrons. The zero-order chi connectivity index (χ0) is 19.6. The molecule has 0 aromatic carbocycles. The molecule has 4 fully saturated rings. The molecule has 4 rings (SSSR count). The van der Waals surface area contributed by atoms with Gasteiger partial charge in [-0.15, -0.1) is 0 Å². The Bertz CT molecular complexity index is 722. The molecule has 148 valence electrons. The van der Waals surface area contributed by atoms with E-state index >= 15 is 0 Å². The smallest absolute Gasteiger partial charge is 0.336 e. The van der Waals surface area contributed by atoms with E-state index in [4.69, 9.17) is 14.2 Å². The Morgan fingerprint density at radius 3 is 2.78 bits per heavy atom. The maximum absolute atomic E-state index is 12.4. The molecule has 27 heavy (non-hydrogen) atoms. The number of hydrogen-bond donors (Lipinski definition) is 2. The average Bonchev–Trinajstić information content (AvgIpc) is 3.31. The van der Waals surface area contributed by atoms with Crippen molar-refractivity contribution in [3.63, 3.8) is 0 Å². The number of allylic oxidation sites excluding steroid dienone is 1. The third-order valence-corrected chi connectivity index (χ3v) is 7.04. The molecular weight excluding hydrogens is 352 g/mol. The predicted octanol–water partition coefficient (Wildman–Crippen LogP) is 0.884. The van der Waals surface area contributed by atoms with E-state index in [-0.39, 0.29) is 18.1 Å². The number of esters is 2. The molecule has 2 N–H and O–H groups in total. The number of rotatable bonds is 3. The predicted molar refractivity (Wildman–Crippen MR) is 93.4 cm³/mol. The second kappa shape index (κ2) is 6.15. The maximum Gasteiger partial charge on any atom is 0.336 e. The van der Waals surface area contributed by atoms with Gasteiger partial charge in [0.2, 0.25) is 0 Å². The van der Waals surface area contributed by atoms with Crippen molar-refractivity contribution >= 4 is 11.9 Å². The lowest BCUT2D eigenvalue weighted by Crippen LogP contribution is -2.63. The van der Waals surface area contributed by atoms with Gasteiger partial charge in [-0.2, -0.15) is 0 Å². The van der Waals surface area contributed by atoms with Gasteiger partial charge in [-0.25, -0.2) is 9.59 Å². The summed E-state index contributed by atoms with van der Waals surface area (Å²) in [7, 11) is 0. The van der Waals surface area contributed by atoms with Gasteiger partial charge in [0.05, 0.1) is 36.4 Å². The molecular formula is C20H26O7. The van der Waals surface area contributed by atoms with Gasteiger partial charge in [0.15, 0.2) is 0 Å². The Kier molecular flexibility index (Phi) is 4.25. The lowest BCUT2D eigenvalue weighted by molar-refractivity contribution is -0.202. The second-order valence-electron chi connectivity index (χ2n) is 8.43. The first kappa shape index (κ1) is 18.7. The molecule has 7 nitrogen and oxygen atoms in total. The van der Waals surface area contributed by atoms with Crippen LogP contribution < -0.4 is 0 Å². The molecule has 0 bridgehead atoms. The van der Waals surface area contributed by atoms with Crippen LogP contribution in [0.4, 0.5) is 0 Å². The number of carbonyl (C=O) groups is 2. The molecule has 1 spiro atoms. The summed E-state index contributed by atoms with van der Waals surface area (Å²) in [6.07, 6.45) is 1.40. The lowest BCUT2D eigenvalue weighted by Gasteiger charge is -2.56. The minimum Gasteiger partial charge on any atom is -0.458 e. The second-order valence-corrected chi connectivity index (χ2v) is 8.43. The van der Waals surface area contributed by atoms with E-state index in [0.717, 1.165) is 0 Å². The Morgan fingerprint density at radius 1 is 1.48 bits per heavy atom. The molecule has 0 amide bonds. The van der Waals surface area contributed by atoms with Crippen LogP contribution in [-0.2, 0) is 23.8 Å². The standard InChI is InChI=1S/C20H26O7/c1-4-11(8-21)18(24)26-13-5-6-20(9-25-20)16-15-14(10(2)17(23)27-15)12(22)7-19(13,16)3/h4,12-16,21-22H,2,5-9H2,1,3H3. The van der Waals surface area contributed by atoms with Crippen molar-refractivity contribution in [2.45, 2.75) is 57.0 Å². The Labute approximate surface area is 158 Å². The fourth-order valence-corrected chi connectivity index (χ4v) is 5.59. The number of aliphatic hydroxyl groups excluding tert-OH is 2. The summed E-state index contributed by atoms with van der Waals surface area (Å²) in [6, 6.07) is 0. The van der Waals surface area contributed by atoms with Crippen LogP contribution in [0.3, 0.4) is 0 Å². The highest BCUT2D eigenvalue weighted by molar-refractivity contribution is 5.91. The lowest BCUT2D eigenvalue weighted by atomic mass is 9.51. The summed E-state index contributed by atoms with van der Waals surface area (Å²) < 4.78 is 17.2. The van der Waals surface area contributed by atoms with Crippen molar-refractivity contribution in [2.75, 3.05) is 13.2 Å². The van der Waals surface area contributed by atoms with E-state index in [1.54, 1.807) is 6.92 Å². The monoisotopic (exact) mass is 378 g/mol. The first-order chi connectivity index (χ1) is 12.8. The molecule has 2 saturated heterocycles. The van der Waals surface area contributed by atoms with Crippen LogP contribution in [0.2, 0.25) is 0 Å². The van der Waals surface area contributed by atoms with Crippen molar-refractivity contribution in [2.24, 2.45) is 17.3 Å². The van der Waals surface area contributed by atoms with Crippen LogP contribution in [0, 0.1) is 17.3 Å². The number of aliphatic hydroxyl groups is 2. The largest absolute Gasteiger partial charge is 0.458 e. The van der Waals surface area contributed by atoms with Gasteiger partial charge in [-0.05, 0) is 26.2 Å². The topological polar surface area (TPSA) is 106 Å². The first-order valence-electron chi connectivity index (χ1n) is 9.46. The van der Waals surface area contributed by atoms with Gasteiger partial charge in [-0.1, -0.05) is 19.6 Å². The summed E-state index contributed by atoms with van der Waals surface area (Å²) >= 11 is 0. The number of ether oxygens (including phenoxy) is 3. The van der Waals surface area contributed by atoms with Crippen molar-refractivity contribution in [1.82, 2.24) is 0 Å². The van der Waals surface area contributed by atoms with Gasteiger partial charge in [-0.3, -0.25) is 0 Å². The Balaban J connectivity index is 1.68. The van der Waals surface area contributed by atoms with Gasteiger partial charge < -0.3 is 24.4 Å². The molecule has 0 aromatic rings. The highest BCUT2D eigenvalue weighted by atomic mass is 16.6. The molecule has 7 atom stereocenters. The number of carbonyl (C=O) groups excluding carboxylic acids is 2. The van der Waals surface area contributed by atoms with Crippen LogP contribution in [0.5, 0.6) is 0 Å². The van der Waals surface area contributed by atoms with Crippen molar-refractivity contribution < 1.29 is 34.0 Å². The quantitative estimate of drug-likeness (QED) is 0.427. The summed E-state index contributed by atoms with van der Waals surface area (Å²) in [5.74, 6) is -1.66. The summed E-state index contributed by atoms with van der Waals surface area (Å²) in [5.41, 5.74) is -0.495. The molecule has 2 aliphatic heterocycles. The van der Waals surface area contributed by atoms with Crippen molar-refractivity contribution in [3.05, 3.63) is 23.8 Å². The van der Waals surface area contributed by atoms with E-state index in [1.165, 1.54) is 6.08 Å². The fourth-order valence-electron chi connectivity index (χ4n) is 5.59. The van der Waals surface area contributed by atoms with Crippen LogP contribution in [0.1, 0.15) is 33.1 Å². The van der Waals surface area contributed by atoms with E-state index in [0.29, 0.717) is 31.4 Å². The summed E-state index contributed by atoms with van der Waals surface area (Å²) in [5, 5.41) is 20.1. The number of fused-ring (bicyclic) bond motifs is 4. The minimum atomic E-state index is -0.802. The van der Waals surface area contributed by atoms with Gasteiger partial charge in [0.25, 0.3) is 0 Å². The highest BCUT2D eigenvalue weighted by Gasteiger charge is 2.72. The molecule has 0 aromatic heterocycles. The number of epoxide rings is 1. The molecule has 7 unspecified atom stereocenters. The van der Waals surface area contributed by atoms with Gasteiger partial charge >= 0.3 is 11.9 Å². The zero-order valence-electron chi connectivity index (χ0n) is 15.6. The normalized spacial score (nSPS) is 45.9. The molecule has 2 aliphatic carbocycles. The molecule has 2 saturated carbocycles. The van der Waals surface area contributed by atoms with E-state index in [2.05, 4.69) is 6.58 Å². The SMILES string of the molecule is C=C1C(=O)OC2C1C(O)CC1(C)C(OC(=O)C(=CC)CO)CCC3(CO3)C21. The number of hydrogen-bond acceptors (Lipinski definition) is 7. The van der Waals surface area contributed by atoms with Crippen molar-refractivity contribution in [1.29, 1.82) is 0 Å². The van der Waals surface area contributed by atoms with E-state index in [9.17, 15) is 19.8 Å². The van der Waals surface area contributed by atoms with Crippen LogP contribution in [0.15, 0.2) is 23.8 Å².